The van der Waals surface area contributed by atoms with Crippen LogP contribution < -0.4 is 0 Å². The molecule has 140 valence electrons. The Kier molecular flexibility index (Phi) is 3.93. The number of ketones is 4. The molecule has 3 aliphatic rings. The van der Waals surface area contributed by atoms with Crippen LogP contribution in [-0.4, -0.2) is 44.1 Å². The van der Waals surface area contributed by atoms with Crippen LogP contribution in [0, 0.1) is 0 Å². The van der Waals surface area contributed by atoms with Crippen LogP contribution in [0.15, 0.2) is 60.7 Å². The van der Waals surface area contributed by atoms with Crippen molar-refractivity contribution < 1.29 is 19.2 Å². The van der Waals surface area contributed by atoms with Gasteiger partial charge in [-0.1, -0.05) is 60.7 Å². The SMILES string of the molecule is O=C1C(=O)C2(CSC3(CS2)C(=O)C(=O)C3c2ccccc2)C1c1ccccc1. The van der Waals surface area contributed by atoms with Gasteiger partial charge >= 0.3 is 0 Å². The van der Waals surface area contributed by atoms with Crippen LogP contribution in [0.4, 0.5) is 0 Å². The molecule has 3 fully saturated rings. The van der Waals surface area contributed by atoms with Crippen LogP contribution in [0.5, 0.6) is 0 Å². The average molecular weight is 409 g/mol. The lowest BCUT2D eigenvalue weighted by Crippen LogP contribution is -2.70. The van der Waals surface area contributed by atoms with Crippen LogP contribution in [0.25, 0.3) is 0 Å². The zero-order chi connectivity index (χ0) is 19.5. The van der Waals surface area contributed by atoms with Crippen molar-refractivity contribution in [3.05, 3.63) is 71.8 Å². The molecule has 0 aromatic heterocycles. The first-order valence-corrected chi connectivity index (χ1v) is 11.0. The molecule has 1 saturated heterocycles. The summed E-state index contributed by atoms with van der Waals surface area (Å²) in [7, 11) is 0. The summed E-state index contributed by atoms with van der Waals surface area (Å²) in [6.45, 7) is 0. The standard InChI is InChI=1S/C22H16O4S2/c23-17-15(13-7-3-1-4-8-13)21(19(17)25)11-28-22(12-27-21)16(18(24)20(22)26)14-9-5-2-6-10-14/h1-10,15-16H,11-12H2. The second-order valence-electron chi connectivity index (χ2n) is 7.43. The van der Waals surface area contributed by atoms with Gasteiger partial charge in [-0.3, -0.25) is 19.2 Å². The van der Waals surface area contributed by atoms with E-state index in [1.165, 1.54) is 23.5 Å². The van der Waals surface area contributed by atoms with Gasteiger partial charge in [0.25, 0.3) is 0 Å². The van der Waals surface area contributed by atoms with E-state index in [-0.39, 0.29) is 23.1 Å². The number of carbonyl (C=O) groups is 4. The van der Waals surface area contributed by atoms with E-state index in [9.17, 15) is 19.2 Å². The third kappa shape index (κ3) is 2.16. The molecule has 0 radical (unpaired) electrons. The van der Waals surface area contributed by atoms with Gasteiger partial charge in [-0.2, -0.15) is 0 Å². The Balaban J connectivity index is 1.46. The number of hydrogen-bond acceptors (Lipinski definition) is 6. The lowest BCUT2D eigenvalue weighted by molar-refractivity contribution is -0.147. The highest BCUT2D eigenvalue weighted by Crippen LogP contribution is 2.62. The molecule has 0 amide bonds. The summed E-state index contributed by atoms with van der Waals surface area (Å²) in [4.78, 5) is 50.0. The van der Waals surface area contributed by atoms with E-state index in [4.69, 9.17) is 0 Å². The van der Waals surface area contributed by atoms with Gasteiger partial charge in [-0.25, -0.2) is 0 Å². The number of Topliss-reactive ketones (excluding diaryl/α,β-unsaturated/α-hetero) is 4. The number of thioether (sulfide) groups is 2. The van der Waals surface area contributed by atoms with E-state index in [0.29, 0.717) is 11.5 Å². The van der Waals surface area contributed by atoms with E-state index in [2.05, 4.69) is 0 Å². The molecule has 2 aromatic carbocycles. The lowest BCUT2D eigenvalue weighted by atomic mass is 9.67. The maximum atomic E-state index is 12.6. The highest BCUT2D eigenvalue weighted by Gasteiger charge is 2.71. The first kappa shape index (κ1) is 17.9. The van der Waals surface area contributed by atoms with Crippen molar-refractivity contribution in [2.24, 2.45) is 0 Å². The highest BCUT2D eigenvalue weighted by atomic mass is 32.2. The molecule has 6 heteroatoms. The van der Waals surface area contributed by atoms with Crippen molar-refractivity contribution >= 4 is 46.7 Å². The van der Waals surface area contributed by atoms with Crippen LogP contribution in [-0.2, 0) is 19.2 Å². The molecule has 4 atom stereocenters. The Hall–Kier alpha value is -2.18. The molecule has 2 spiro atoms. The first-order valence-electron chi connectivity index (χ1n) is 9.06. The summed E-state index contributed by atoms with van der Waals surface area (Å²) < 4.78 is -1.65. The quantitative estimate of drug-likeness (QED) is 0.712. The van der Waals surface area contributed by atoms with Gasteiger partial charge in [0.15, 0.2) is 0 Å². The summed E-state index contributed by atoms with van der Waals surface area (Å²) in [5, 5.41) is 0. The van der Waals surface area contributed by atoms with Crippen LogP contribution in [0.3, 0.4) is 0 Å². The smallest absolute Gasteiger partial charge is 0.217 e. The highest BCUT2D eigenvalue weighted by molar-refractivity contribution is 8.09. The van der Waals surface area contributed by atoms with E-state index >= 15 is 0 Å². The predicted molar refractivity (Wildman–Crippen MR) is 109 cm³/mol. The average Bonchev–Trinajstić information content (AvgIpc) is 2.76. The van der Waals surface area contributed by atoms with E-state index in [1.54, 1.807) is 0 Å². The summed E-state index contributed by atoms with van der Waals surface area (Å²) in [5.74, 6) is -1.65. The Morgan fingerprint density at radius 2 is 0.964 bits per heavy atom. The van der Waals surface area contributed by atoms with Crippen LogP contribution in [0.2, 0.25) is 0 Å². The molecule has 2 aromatic rings. The minimum absolute atomic E-state index is 0.356. The molecule has 2 aliphatic carbocycles. The Morgan fingerprint density at radius 1 is 0.607 bits per heavy atom. The molecular formula is C22H16O4S2. The monoisotopic (exact) mass is 408 g/mol. The van der Waals surface area contributed by atoms with Crippen molar-refractivity contribution in [2.45, 2.75) is 21.3 Å². The van der Waals surface area contributed by atoms with Gasteiger partial charge in [-0.15, -0.1) is 23.5 Å². The Labute approximate surface area is 170 Å². The number of benzene rings is 2. The number of carbonyl (C=O) groups excluding carboxylic acids is 4. The molecule has 0 N–H and O–H groups in total. The second-order valence-corrected chi connectivity index (χ2v) is 10.0. The topological polar surface area (TPSA) is 68.3 Å². The number of rotatable bonds is 2. The van der Waals surface area contributed by atoms with Gasteiger partial charge < -0.3 is 0 Å². The van der Waals surface area contributed by atoms with Gasteiger partial charge in [0, 0.05) is 11.5 Å². The third-order valence-corrected chi connectivity index (χ3v) is 9.75. The fraction of sp³-hybridized carbons (Fsp3) is 0.273. The largest absolute Gasteiger partial charge is 0.290 e. The first-order chi connectivity index (χ1) is 13.5. The summed E-state index contributed by atoms with van der Waals surface area (Å²) in [6, 6.07) is 18.7. The minimum atomic E-state index is -0.825. The normalized spacial score (nSPS) is 34.4. The summed E-state index contributed by atoms with van der Waals surface area (Å²) in [5.41, 5.74) is 1.68. The zero-order valence-electron chi connectivity index (χ0n) is 14.8. The van der Waals surface area contributed by atoms with Gasteiger partial charge in [-0.05, 0) is 11.1 Å². The zero-order valence-corrected chi connectivity index (χ0v) is 16.4. The summed E-state index contributed by atoms with van der Waals surface area (Å²) >= 11 is 2.78. The third-order valence-electron chi connectivity index (χ3n) is 6.03. The van der Waals surface area contributed by atoms with Crippen molar-refractivity contribution in [1.29, 1.82) is 0 Å². The molecule has 0 bridgehead atoms. The predicted octanol–water partition coefficient (Wildman–Crippen LogP) is 2.82. The van der Waals surface area contributed by atoms with Crippen molar-refractivity contribution in [1.82, 2.24) is 0 Å². The van der Waals surface area contributed by atoms with E-state index < -0.39 is 21.3 Å². The minimum Gasteiger partial charge on any atom is -0.290 e. The van der Waals surface area contributed by atoms with Crippen LogP contribution >= 0.6 is 23.5 Å². The van der Waals surface area contributed by atoms with Gasteiger partial charge in [0.2, 0.25) is 23.1 Å². The van der Waals surface area contributed by atoms with E-state index in [1.807, 2.05) is 60.7 Å². The Morgan fingerprint density at radius 3 is 1.29 bits per heavy atom. The molecule has 4 unspecified atom stereocenters. The van der Waals surface area contributed by atoms with E-state index in [0.717, 1.165) is 11.1 Å². The molecule has 4 nitrogen and oxygen atoms in total. The van der Waals surface area contributed by atoms with Crippen LogP contribution in [0.1, 0.15) is 23.0 Å². The molecule has 1 heterocycles. The van der Waals surface area contributed by atoms with Gasteiger partial charge in [0.05, 0.1) is 11.8 Å². The Bertz CT molecular complexity index is 924. The maximum absolute atomic E-state index is 12.6. The lowest BCUT2D eigenvalue weighted by Gasteiger charge is -2.55. The van der Waals surface area contributed by atoms with Crippen molar-refractivity contribution in [3.63, 3.8) is 0 Å². The fourth-order valence-electron chi connectivity index (χ4n) is 4.49. The molecule has 5 rings (SSSR count). The number of hydrogen-bond donors (Lipinski definition) is 0. The molecule has 1 aliphatic heterocycles. The maximum Gasteiger partial charge on any atom is 0.217 e. The summed E-state index contributed by atoms with van der Waals surface area (Å²) in [6.07, 6.45) is 0. The van der Waals surface area contributed by atoms with Crippen molar-refractivity contribution in [3.8, 4) is 0 Å². The molecule has 2 saturated carbocycles. The van der Waals surface area contributed by atoms with Crippen molar-refractivity contribution in [2.75, 3.05) is 11.5 Å². The molecular weight excluding hydrogens is 392 g/mol. The molecule has 28 heavy (non-hydrogen) atoms. The fourth-order valence-corrected chi connectivity index (χ4v) is 8.34. The second kappa shape index (κ2) is 6.16. The van der Waals surface area contributed by atoms with Gasteiger partial charge in [0.1, 0.15) is 9.49 Å².